The number of benzene rings is 1. The van der Waals surface area contributed by atoms with Crippen molar-refractivity contribution in [2.45, 2.75) is 13.8 Å². The van der Waals surface area contributed by atoms with Crippen molar-refractivity contribution in [3.63, 3.8) is 0 Å². The van der Waals surface area contributed by atoms with Gasteiger partial charge in [0.15, 0.2) is 0 Å². The molecule has 2 rings (SSSR count). The quantitative estimate of drug-likeness (QED) is 0.788. The van der Waals surface area contributed by atoms with Gasteiger partial charge < -0.3 is 14.5 Å². The largest absolute Gasteiger partial charge is 0.497 e. The Morgan fingerprint density at radius 2 is 1.54 bits per heavy atom. The molecule has 0 aromatic heterocycles. The van der Waals surface area contributed by atoms with Crippen LogP contribution in [0.15, 0.2) is 24.3 Å². The minimum Gasteiger partial charge on any atom is -0.497 e. The Morgan fingerprint density at radius 3 is 2.04 bits per heavy atom. The minimum absolute atomic E-state index is 0.00787. The van der Waals surface area contributed by atoms with Crippen LogP contribution in [0.25, 0.3) is 0 Å². The van der Waals surface area contributed by atoms with Gasteiger partial charge in [0.1, 0.15) is 5.75 Å². The Hall–Kier alpha value is -2.08. The van der Waals surface area contributed by atoms with Gasteiger partial charge in [-0.1, -0.05) is 13.8 Å². The normalized spacial score (nSPS) is 14.8. The monoisotopic (exact) mass is 333 g/mol. The first-order valence-electron chi connectivity index (χ1n) is 8.52. The van der Waals surface area contributed by atoms with Gasteiger partial charge in [-0.05, 0) is 37.4 Å². The second kappa shape index (κ2) is 8.68. The Balaban J connectivity index is 1.87. The lowest BCUT2D eigenvalue weighted by molar-refractivity contribution is -0.133. The maximum absolute atomic E-state index is 12.5. The third-order valence-electron chi connectivity index (χ3n) is 4.51. The van der Waals surface area contributed by atoms with Gasteiger partial charge in [0.2, 0.25) is 5.91 Å². The van der Waals surface area contributed by atoms with Crippen LogP contribution in [0.3, 0.4) is 0 Å². The van der Waals surface area contributed by atoms with Gasteiger partial charge in [-0.15, -0.1) is 0 Å². The zero-order valence-corrected chi connectivity index (χ0v) is 14.8. The van der Waals surface area contributed by atoms with E-state index in [0.717, 1.165) is 18.8 Å². The predicted octanol–water partition coefficient (Wildman–Crippen LogP) is 1.32. The van der Waals surface area contributed by atoms with Gasteiger partial charge >= 0.3 is 0 Å². The highest BCUT2D eigenvalue weighted by Crippen LogP contribution is 2.14. The molecule has 6 heteroatoms. The van der Waals surface area contributed by atoms with Crippen molar-refractivity contribution in [1.82, 2.24) is 14.7 Å². The molecule has 2 amide bonds. The van der Waals surface area contributed by atoms with Gasteiger partial charge in [-0.3, -0.25) is 14.5 Å². The van der Waals surface area contributed by atoms with Crippen molar-refractivity contribution >= 4 is 11.8 Å². The molecule has 132 valence electrons. The number of rotatable bonds is 6. The number of ether oxygens (including phenoxy) is 1. The van der Waals surface area contributed by atoms with Gasteiger partial charge in [0.05, 0.1) is 13.7 Å². The van der Waals surface area contributed by atoms with Gasteiger partial charge in [0.25, 0.3) is 5.91 Å². The molecule has 1 aliphatic heterocycles. The smallest absolute Gasteiger partial charge is 0.253 e. The lowest BCUT2D eigenvalue weighted by Crippen LogP contribution is -2.52. The van der Waals surface area contributed by atoms with Crippen LogP contribution in [-0.2, 0) is 4.79 Å². The highest BCUT2D eigenvalue weighted by Gasteiger charge is 2.25. The highest BCUT2D eigenvalue weighted by molar-refractivity contribution is 5.94. The molecule has 0 N–H and O–H groups in total. The molecule has 1 fully saturated rings. The third-order valence-corrected chi connectivity index (χ3v) is 4.51. The standard InChI is InChI=1S/C18H27N3O3/c1-4-19(5-2)14-17(22)20-10-12-21(13-11-20)18(23)15-6-8-16(24-3)9-7-15/h6-9H,4-5,10-14H2,1-3H3. The van der Waals surface area contributed by atoms with E-state index in [1.54, 1.807) is 31.4 Å². The highest BCUT2D eigenvalue weighted by atomic mass is 16.5. The molecule has 0 saturated carbocycles. The zero-order valence-electron chi connectivity index (χ0n) is 14.8. The molecular formula is C18H27N3O3. The van der Waals surface area contributed by atoms with E-state index < -0.39 is 0 Å². The Labute approximate surface area is 144 Å². The van der Waals surface area contributed by atoms with E-state index >= 15 is 0 Å². The van der Waals surface area contributed by atoms with Crippen LogP contribution in [-0.4, -0.2) is 79.4 Å². The van der Waals surface area contributed by atoms with E-state index in [1.807, 2.05) is 9.80 Å². The van der Waals surface area contributed by atoms with Crippen LogP contribution in [0.4, 0.5) is 0 Å². The summed E-state index contributed by atoms with van der Waals surface area (Å²) in [4.78, 5) is 30.6. The fourth-order valence-corrected chi connectivity index (χ4v) is 2.81. The molecule has 1 aromatic rings. The van der Waals surface area contributed by atoms with Crippen LogP contribution in [0, 0.1) is 0 Å². The average Bonchev–Trinajstić information content (AvgIpc) is 2.65. The maximum Gasteiger partial charge on any atom is 0.253 e. The summed E-state index contributed by atoms with van der Waals surface area (Å²) in [5, 5.41) is 0. The van der Waals surface area contributed by atoms with Gasteiger partial charge in [0, 0.05) is 31.7 Å². The molecule has 0 unspecified atom stereocenters. The molecule has 0 radical (unpaired) electrons. The SMILES string of the molecule is CCN(CC)CC(=O)N1CCN(C(=O)c2ccc(OC)cc2)CC1. The summed E-state index contributed by atoms with van der Waals surface area (Å²) in [6.45, 7) is 8.67. The number of piperazine rings is 1. The molecule has 0 spiro atoms. The fraction of sp³-hybridized carbons (Fsp3) is 0.556. The van der Waals surface area contributed by atoms with Crippen LogP contribution in [0.5, 0.6) is 5.75 Å². The Morgan fingerprint density at radius 1 is 1.00 bits per heavy atom. The summed E-state index contributed by atoms with van der Waals surface area (Å²) in [5.74, 6) is 0.891. The van der Waals surface area contributed by atoms with Crippen molar-refractivity contribution in [1.29, 1.82) is 0 Å². The first-order chi connectivity index (χ1) is 11.6. The lowest BCUT2D eigenvalue weighted by Gasteiger charge is -2.35. The van der Waals surface area contributed by atoms with E-state index in [9.17, 15) is 9.59 Å². The topological polar surface area (TPSA) is 53.1 Å². The number of hydrogen-bond acceptors (Lipinski definition) is 4. The summed E-state index contributed by atoms with van der Waals surface area (Å²) in [5.41, 5.74) is 0.652. The molecule has 0 bridgehead atoms. The fourth-order valence-electron chi connectivity index (χ4n) is 2.81. The van der Waals surface area contributed by atoms with E-state index in [1.165, 1.54) is 0 Å². The second-order valence-corrected chi connectivity index (χ2v) is 5.86. The van der Waals surface area contributed by atoms with Crippen molar-refractivity contribution in [3.05, 3.63) is 29.8 Å². The number of nitrogens with zero attached hydrogens (tertiary/aromatic N) is 3. The number of amides is 2. The number of carbonyl (C=O) groups is 2. The zero-order chi connectivity index (χ0) is 17.5. The van der Waals surface area contributed by atoms with Crippen molar-refractivity contribution in [2.75, 3.05) is 52.9 Å². The molecule has 1 saturated heterocycles. The second-order valence-electron chi connectivity index (χ2n) is 5.86. The molecule has 1 aromatic carbocycles. The van der Waals surface area contributed by atoms with Gasteiger partial charge in [-0.25, -0.2) is 0 Å². The maximum atomic E-state index is 12.5. The van der Waals surface area contributed by atoms with Crippen LogP contribution < -0.4 is 4.74 Å². The number of likely N-dealkylation sites (N-methyl/N-ethyl adjacent to an activating group) is 1. The van der Waals surface area contributed by atoms with Crippen LogP contribution in [0.2, 0.25) is 0 Å². The Kier molecular flexibility index (Phi) is 6.61. The van der Waals surface area contributed by atoms with Crippen molar-refractivity contribution < 1.29 is 14.3 Å². The molecule has 24 heavy (non-hydrogen) atoms. The summed E-state index contributed by atoms with van der Waals surface area (Å²) < 4.78 is 5.11. The molecule has 0 atom stereocenters. The summed E-state index contributed by atoms with van der Waals surface area (Å²) in [6, 6.07) is 7.13. The molecule has 1 aliphatic rings. The first-order valence-corrected chi connectivity index (χ1v) is 8.52. The van der Waals surface area contributed by atoms with Crippen molar-refractivity contribution in [3.8, 4) is 5.75 Å². The third kappa shape index (κ3) is 4.47. The molecule has 1 heterocycles. The number of carbonyl (C=O) groups excluding carboxylic acids is 2. The van der Waals surface area contributed by atoms with E-state index in [0.29, 0.717) is 38.3 Å². The lowest BCUT2D eigenvalue weighted by atomic mass is 10.1. The van der Waals surface area contributed by atoms with E-state index in [4.69, 9.17) is 4.74 Å². The summed E-state index contributed by atoms with van der Waals surface area (Å²) >= 11 is 0. The van der Waals surface area contributed by atoms with E-state index in [2.05, 4.69) is 18.7 Å². The Bertz CT molecular complexity index is 547. The average molecular weight is 333 g/mol. The van der Waals surface area contributed by atoms with Crippen LogP contribution in [0.1, 0.15) is 24.2 Å². The van der Waals surface area contributed by atoms with E-state index in [-0.39, 0.29) is 11.8 Å². The summed E-state index contributed by atoms with van der Waals surface area (Å²) in [7, 11) is 1.60. The number of hydrogen-bond donors (Lipinski definition) is 0. The molecule has 6 nitrogen and oxygen atoms in total. The first kappa shape index (κ1) is 18.3. The number of methoxy groups -OCH3 is 1. The molecule has 0 aliphatic carbocycles. The molecular weight excluding hydrogens is 306 g/mol. The summed E-state index contributed by atoms with van der Waals surface area (Å²) in [6.07, 6.45) is 0. The predicted molar refractivity (Wildman–Crippen MR) is 93.3 cm³/mol. The van der Waals surface area contributed by atoms with Gasteiger partial charge in [-0.2, -0.15) is 0 Å². The van der Waals surface area contributed by atoms with Crippen molar-refractivity contribution in [2.24, 2.45) is 0 Å². The minimum atomic E-state index is 0.00787. The van der Waals surface area contributed by atoms with Crippen LogP contribution >= 0.6 is 0 Å².